The molecular weight excluding hydrogens is 757 g/mol. The quantitative estimate of drug-likeness (QED) is 0.0262. The minimum Gasteiger partial charge on any atom is -0.462 e. The third kappa shape index (κ3) is 48.5. The van der Waals surface area contributed by atoms with Gasteiger partial charge in [0.2, 0.25) is 0 Å². The fourth-order valence-corrected chi connectivity index (χ4v) is 7.53. The lowest BCUT2D eigenvalue weighted by Gasteiger charge is -2.18. The van der Waals surface area contributed by atoms with Crippen molar-refractivity contribution in [3.05, 3.63) is 36.5 Å². The number of hydrogen-bond acceptors (Lipinski definition) is 6. The first-order chi connectivity index (χ1) is 30.0. The van der Waals surface area contributed by atoms with Gasteiger partial charge in [-0.1, -0.05) is 205 Å². The fourth-order valence-electron chi connectivity index (χ4n) is 7.53. The van der Waals surface area contributed by atoms with Crippen LogP contribution in [0.5, 0.6) is 0 Å². The van der Waals surface area contributed by atoms with Crippen LogP contribution in [0, 0.1) is 0 Å². The van der Waals surface area contributed by atoms with Crippen LogP contribution in [0.4, 0.5) is 0 Å². The van der Waals surface area contributed by atoms with Gasteiger partial charge in [-0.25, -0.2) is 0 Å². The Morgan fingerprint density at radius 2 is 0.557 bits per heavy atom. The summed E-state index contributed by atoms with van der Waals surface area (Å²) in [5, 5.41) is 0. The van der Waals surface area contributed by atoms with Crippen molar-refractivity contribution in [3.63, 3.8) is 0 Å². The first-order valence-corrected chi connectivity index (χ1v) is 26.5. The van der Waals surface area contributed by atoms with E-state index < -0.39 is 6.10 Å². The summed E-state index contributed by atoms with van der Waals surface area (Å²) in [6, 6.07) is 0. The molecule has 0 amide bonds. The minimum atomic E-state index is -0.776. The first-order valence-electron chi connectivity index (χ1n) is 26.5. The zero-order valence-corrected chi connectivity index (χ0v) is 40.7. The molecule has 0 aromatic heterocycles. The second-order valence-electron chi connectivity index (χ2n) is 17.8. The molecule has 61 heavy (non-hydrogen) atoms. The van der Waals surface area contributed by atoms with Gasteiger partial charge in [-0.05, 0) is 89.9 Å². The van der Waals surface area contributed by atoms with E-state index >= 15 is 0 Å². The minimum absolute atomic E-state index is 0.0772. The van der Waals surface area contributed by atoms with E-state index in [2.05, 4.69) is 57.2 Å². The van der Waals surface area contributed by atoms with Gasteiger partial charge in [-0.3, -0.25) is 14.4 Å². The highest BCUT2D eigenvalue weighted by molar-refractivity contribution is 5.71. The lowest BCUT2D eigenvalue weighted by atomic mass is 10.1. The molecule has 0 spiro atoms. The van der Waals surface area contributed by atoms with Gasteiger partial charge in [0.15, 0.2) is 6.10 Å². The van der Waals surface area contributed by atoms with Crippen molar-refractivity contribution < 1.29 is 28.6 Å². The molecule has 0 radical (unpaired) electrons. The summed E-state index contributed by atoms with van der Waals surface area (Å²) in [6.07, 6.45) is 58.4. The molecule has 0 heterocycles. The van der Waals surface area contributed by atoms with Gasteiger partial charge >= 0.3 is 17.9 Å². The van der Waals surface area contributed by atoms with Gasteiger partial charge in [0, 0.05) is 19.3 Å². The highest BCUT2D eigenvalue weighted by Gasteiger charge is 2.19. The number of rotatable bonds is 48. The average Bonchev–Trinajstić information content (AvgIpc) is 3.26. The van der Waals surface area contributed by atoms with Gasteiger partial charge in [0.1, 0.15) is 13.2 Å². The Balaban J connectivity index is 4.35. The van der Waals surface area contributed by atoms with Crippen molar-refractivity contribution in [1.29, 1.82) is 0 Å². The van der Waals surface area contributed by atoms with Crippen LogP contribution < -0.4 is 0 Å². The lowest BCUT2D eigenvalue weighted by molar-refractivity contribution is -0.167. The molecule has 0 aromatic carbocycles. The van der Waals surface area contributed by atoms with E-state index in [1.807, 2.05) is 0 Å². The molecule has 0 N–H and O–H groups in total. The van der Waals surface area contributed by atoms with Crippen LogP contribution in [-0.4, -0.2) is 37.2 Å². The number of esters is 3. The van der Waals surface area contributed by atoms with Crippen LogP contribution in [0.3, 0.4) is 0 Å². The Kier molecular flexibility index (Phi) is 48.3. The molecular formula is C55H100O6. The highest BCUT2D eigenvalue weighted by atomic mass is 16.6. The molecule has 6 nitrogen and oxygen atoms in total. The van der Waals surface area contributed by atoms with Crippen LogP contribution in [-0.2, 0) is 28.6 Å². The Morgan fingerprint density at radius 3 is 0.885 bits per heavy atom. The van der Waals surface area contributed by atoms with E-state index in [0.29, 0.717) is 19.3 Å². The average molecular weight is 857 g/mol. The predicted octanol–water partition coefficient (Wildman–Crippen LogP) is 17.3. The molecule has 0 bridgehead atoms. The van der Waals surface area contributed by atoms with E-state index in [4.69, 9.17) is 14.2 Å². The Morgan fingerprint density at radius 1 is 0.311 bits per heavy atom. The number of unbranched alkanes of at least 4 members (excludes halogenated alkanes) is 31. The van der Waals surface area contributed by atoms with Crippen molar-refractivity contribution >= 4 is 17.9 Å². The zero-order valence-electron chi connectivity index (χ0n) is 40.7. The number of allylic oxidation sites excluding steroid dienone is 6. The second-order valence-corrected chi connectivity index (χ2v) is 17.8. The molecule has 0 aromatic rings. The summed E-state index contributed by atoms with van der Waals surface area (Å²) in [6.45, 7) is 6.59. The predicted molar refractivity (Wildman–Crippen MR) is 261 cm³/mol. The third-order valence-electron chi connectivity index (χ3n) is 11.6. The van der Waals surface area contributed by atoms with E-state index in [0.717, 1.165) is 64.2 Å². The summed E-state index contributed by atoms with van der Waals surface area (Å²) in [7, 11) is 0. The zero-order chi connectivity index (χ0) is 44.4. The number of carbonyl (C=O) groups is 3. The van der Waals surface area contributed by atoms with Crippen LogP contribution in [0.15, 0.2) is 36.5 Å². The normalized spacial score (nSPS) is 12.2. The monoisotopic (exact) mass is 857 g/mol. The lowest BCUT2D eigenvalue weighted by Crippen LogP contribution is -2.30. The van der Waals surface area contributed by atoms with Crippen molar-refractivity contribution in [2.75, 3.05) is 13.2 Å². The maximum absolute atomic E-state index is 12.8. The van der Waals surface area contributed by atoms with Crippen molar-refractivity contribution in [2.24, 2.45) is 0 Å². The molecule has 356 valence electrons. The van der Waals surface area contributed by atoms with E-state index in [9.17, 15) is 14.4 Å². The standard InChI is InChI=1S/C55H100O6/c1-4-7-10-13-16-19-22-24-26-27-29-31-34-37-40-43-46-49-55(58)61-52(50-59-53(56)47-44-41-38-35-32-21-18-15-12-9-6-3)51-60-54(57)48-45-42-39-36-33-30-28-25-23-20-17-14-11-8-5-2/h15,18,20,23-24,26,52H,4-14,16-17,19,21-22,25,27-51H2,1-3H3/b18-15-,23-20-,26-24-/t52-/m0/s1. The van der Waals surface area contributed by atoms with Crippen LogP contribution in [0.25, 0.3) is 0 Å². The summed E-state index contributed by atoms with van der Waals surface area (Å²) < 4.78 is 16.8. The highest BCUT2D eigenvalue weighted by Crippen LogP contribution is 2.15. The molecule has 0 aliphatic rings. The molecule has 0 saturated heterocycles. The summed E-state index contributed by atoms with van der Waals surface area (Å²) in [5.41, 5.74) is 0. The molecule has 1 atom stereocenters. The molecule has 0 unspecified atom stereocenters. The molecule has 0 aliphatic carbocycles. The van der Waals surface area contributed by atoms with E-state index in [-0.39, 0.29) is 31.1 Å². The smallest absolute Gasteiger partial charge is 0.306 e. The van der Waals surface area contributed by atoms with Crippen LogP contribution in [0.2, 0.25) is 0 Å². The molecule has 0 fully saturated rings. The van der Waals surface area contributed by atoms with Gasteiger partial charge in [0.05, 0.1) is 0 Å². The molecule has 0 saturated carbocycles. The van der Waals surface area contributed by atoms with Crippen LogP contribution >= 0.6 is 0 Å². The van der Waals surface area contributed by atoms with Crippen molar-refractivity contribution in [2.45, 2.75) is 284 Å². The summed E-state index contributed by atoms with van der Waals surface area (Å²) in [4.78, 5) is 38.0. The molecule has 0 rings (SSSR count). The van der Waals surface area contributed by atoms with Crippen molar-refractivity contribution in [3.8, 4) is 0 Å². The molecule has 0 aliphatic heterocycles. The first kappa shape index (κ1) is 58.6. The maximum Gasteiger partial charge on any atom is 0.306 e. The number of ether oxygens (including phenoxy) is 3. The Hall–Kier alpha value is -2.37. The summed E-state index contributed by atoms with van der Waals surface area (Å²) in [5.74, 6) is -0.886. The van der Waals surface area contributed by atoms with E-state index in [1.54, 1.807) is 0 Å². The number of carbonyl (C=O) groups excluding carboxylic acids is 3. The van der Waals surface area contributed by atoms with Gasteiger partial charge in [-0.2, -0.15) is 0 Å². The summed E-state index contributed by atoms with van der Waals surface area (Å²) >= 11 is 0. The van der Waals surface area contributed by atoms with Crippen LogP contribution in [0.1, 0.15) is 278 Å². The number of hydrogen-bond donors (Lipinski definition) is 0. The molecule has 6 heteroatoms. The second kappa shape index (κ2) is 50.3. The topological polar surface area (TPSA) is 78.9 Å². The van der Waals surface area contributed by atoms with Gasteiger partial charge < -0.3 is 14.2 Å². The SMILES string of the molecule is CCCC/C=C\CCCCCCCC(=O)OC[C@@H](COC(=O)CCCCCCCCC/C=C\CCCCCC)OC(=O)CCCCCCCCC/C=C\CCCCCCCC. The Labute approximate surface area is 378 Å². The third-order valence-corrected chi connectivity index (χ3v) is 11.6. The largest absolute Gasteiger partial charge is 0.462 e. The Bertz CT molecular complexity index is 1030. The maximum atomic E-state index is 12.8. The van der Waals surface area contributed by atoms with E-state index in [1.165, 1.54) is 173 Å². The fraction of sp³-hybridized carbons (Fsp3) is 0.836. The van der Waals surface area contributed by atoms with Gasteiger partial charge in [0.25, 0.3) is 0 Å². The van der Waals surface area contributed by atoms with Gasteiger partial charge in [-0.15, -0.1) is 0 Å². The van der Waals surface area contributed by atoms with Crippen molar-refractivity contribution in [1.82, 2.24) is 0 Å².